The average molecular weight is 402 g/mol. The number of nitrogens with zero attached hydrogens (tertiary/aromatic N) is 6. The minimum Gasteiger partial charge on any atom is -0.497 e. The summed E-state index contributed by atoms with van der Waals surface area (Å²) in [5.41, 5.74) is -0.0539. The third-order valence-corrected chi connectivity index (χ3v) is 4.64. The second-order valence-corrected chi connectivity index (χ2v) is 6.44. The molecule has 1 aromatic carbocycles. The van der Waals surface area contributed by atoms with E-state index >= 15 is 0 Å². The lowest BCUT2D eigenvalue weighted by molar-refractivity contribution is -0.385. The standard InChI is InChI=1S/C17H18N6O4S/c1-3-8-22-16(11-27-15-6-4-14(26-2)5-7-15)19-20-17(22)28-12-21-10-13(9-18-21)23(24)25/h3-7,9-10H,1,8,11-12H2,2H3. The molecule has 146 valence electrons. The molecule has 0 aliphatic carbocycles. The van der Waals surface area contributed by atoms with Crippen LogP contribution in [0.1, 0.15) is 5.82 Å². The van der Waals surface area contributed by atoms with Gasteiger partial charge in [0.1, 0.15) is 30.5 Å². The molecule has 0 spiro atoms. The molecule has 3 rings (SSSR count). The third kappa shape index (κ3) is 4.68. The zero-order chi connectivity index (χ0) is 19.9. The van der Waals surface area contributed by atoms with Gasteiger partial charge in [-0.05, 0) is 24.3 Å². The summed E-state index contributed by atoms with van der Waals surface area (Å²) in [6.45, 7) is 4.51. The Kier molecular flexibility index (Phi) is 6.27. The molecule has 0 N–H and O–H groups in total. The number of methoxy groups -OCH3 is 1. The highest BCUT2D eigenvalue weighted by molar-refractivity contribution is 7.98. The van der Waals surface area contributed by atoms with E-state index in [0.29, 0.717) is 29.2 Å². The first kappa shape index (κ1) is 19.4. The van der Waals surface area contributed by atoms with Gasteiger partial charge in [-0.25, -0.2) is 0 Å². The maximum Gasteiger partial charge on any atom is 0.307 e. The van der Waals surface area contributed by atoms with Gasteiger partial charge >= 0.3 is 5.69 Å². The fourth-order valence-corrected chi connectivity index (χ4v) is 3.13. The summed E-state index contributed by atoms with van der Waals surface area (Å²) in [6, 6.07) is 7.25. The lowest BCUT2D eigenvalue weighted by atomic mass is 10.3. The molecule has 0 atom stereocenters. The fourth-order valence-electron chi connectivity index (χ4n) is 2.31. The Hall–Kier alpha value is -3.34. The first-order valence-corrected chi connectivity index (χ1v) is 9.18. The Bertz CT molecular complexity index is 953. The molecule has 0 aliphatic rings. The summed E-state index contributed by atoms with van der Waals surface area (Å²) in [5, 5.41) is 23.7. The first-order valence-electron chi connectivity index (χ1n) is 8.20. The van der Waals surface area contributed by atoms with Crippen molar-refractivity contribution in [3.63, 3.8) is 0 Å². The van der Waals surface area contributed by atoms with Crippen molar-refractivity contribution < 1.29 is 14.4 Å². The van der Waals surface area contributed by atoms with E-state index in [1.807, 2.05) is 28.8 Å². The van der Waals surface area contributed by atoms with E-state index in [4.69, 9.17) is 9.47 Å². The van der Waals surface area contributed by atoms with Crippen molar-refractivity contribution in [2.75, 3.05) is 7.11 Å². The van der Waals surface area contributed by atoms with Crippen LogP contribution in [-0.4, -0.2) is 36.6 Å². The topological polar surface area (TPSA) is 110 Å². The second kappa shape index (κ2) is 9.04. The lowest BCUT2D eigenvalue weighted by Crippen LogP contribution is -2.08. The van der Waals surface area contributed by atoms with Gasteiger partial charge in [0.25, 0.3) is 0 Å². The van der Waals surface area contributed by atoms with Gasteiger partial charge in [0.15, 0.2) is 11.0 Å². The minimum absolute atomic E-state index is 0.0539. The van der Waals surface area contributed by atoms with E-state index in [0.717, 1.165) is 5.75 Å². The number of allylic oxidation sites excluding steroid dienone is 1. The summed E-state index contributed by atoms with van der Waals surface area (Å²) in [5.74, 6) is 2.44. The third-order valence-electron chi connectivity index (χ3n) is 3.69. The van der Waals surface area contributed by atoms with Crippen LogP contribution in [0.5, 0.6) is 11.5 Å². The molecule has 0 amide bonds. The van der Waals surface area contributed by atoms with Gasteiger partial charge in [-0.3, -0.25) is 19.4 Å². The van der Waals surface area contributed by atoms with E-state index < -0.39 is 4.92 Å². The molecule has 0 saturated heterocycles. The predicted molar refractivity (Wildman–Crippen MR) is 102 cm³/mol. The van der Waals surface area contributed by atoms with Crippen LogP contribution < -0.4 is 9.47 Å². The van der Waals surface area contributed by atoms with Crippen molar-refractivity contribution >= 4 is 17.4 Å². The highest BCUT2D eigenvalue weighted by Crippen LogP contribution is 2.22. The maximum absolute atomic E-state index is 10.7. The lowest BCUT2D eigenvalue weighted by Gasteiger charge is -2.09. The normalized spacial score (nSPS) is 10.6. The second-order valence-electron chi connectivity index (χ2n) is 5.53. The number of thioether (sulfide) groups is 1. The van der Waals surface area contributed by atoms with Gasteiger partial charge in [0.2, 0.25) is 0 Å². The van der Waals surface area contributed by atoms with Crippen molar-refractivity contribution in [1.29, 1.82) is 0 Å². The molecule has 0 unspecified atom stereocenters. The minimum atomic E-state index is -0.483. The first-order chi connectivity index (χ1) is 13.6. The molecule has 10 nitrogen and oxygen atoms in total. The van der Waals surface area contributed by atoms with Crippen molar-refractivity contribution in [1.82, 2.24) is 24.5 Å². The smallest absolute Gasteiger partial charge is 0.307 e. The molecule has 0 saturated carbocycles. The number of rotatable bonds is 10. The molecular weight excluding hydrogens is 384 g/mol. The Labute approximate surface area is 164 Å². The van der Waals surface area contributed by atoms with E-state index in [9.17, 15) is 10.1 Å². The van der Waals surface area contributed by atoms with Gasteiger partial charge < -0.3 is 9.47 Å². The molecule has 0 fully saturated rings. The molecule has 28 heavy (non-hydrogen) atoms. The van der Waals surface area contributed by atoms with Gasteiger partial charge in [0.05, 0.1) is 17.9 Å². The van der Waals surface area contributed by atoms with Crippen molar-refractivity contribution in [2.24, 2.45) is 0 Å². The SMILES string of the molecule is C=CCn1c(COc2ccc(OC)cc2)nnc1SCn1cc([N+](=O)[O-])cn1. The molecule has 2 aromatic heterocycles. The Morgan fingerprint density at radius 2 is 2.04 bits per heavy atom. The highest BCUT2D eigenvalue weighted by Gasteiger charge is 2.14. The van der Waals surface area contributed by atoms with Crippen molar-refractivity contribution in [3.05, 3.63) is 65.3 Å². The van der Waals surface area contributed by atoms with Crippen LogP contribution >= 0.6 is 11.8 Å². The van der Waals surface area contributed by atoms with E-state index in [1.165, 1.54) is 28.8 Å². The van der Waals surface area contributed by atoms with E-state index in [2.05, 4.69) is 21.9 Å². The van der Waals surface area contributed by atoms with Crippen molar-refractivity contribution in [3.8, 4) is 11.5 Å². The maximum atomic E-state index is 10.7. The summed E-state index contributed by atoms with van der Waals surface area (Å²) >= 11 is 1.36. The largest absolute Gasteiger partial charge is 0.497 e. The Morgan fingerprint density at radius 1 is 1.29 bits per heavy atom. The fraction of sp³-hybridized carbons (Fsp3) is 0.235. The van der Waals surface area contributed by atoms with Gasteiger partial charge in [-0.15, -0.1) is 16.8 Å². The van der Waals surface area contributed by atoms with Crippen LogP contribution in [0, 0.1) is 10.1 Å². The number of ether oxygens (including phenoxy) is 2. The summed E-state index contributed by atoms with van der Waals surface area (Å²) in [6.07, 6.45) is 4.32. The molecule has 3 aromatic rings. The van der Waals surface area contributed by atoms with Crippen LogP contribution in [0.2, 0.25) is 0 Å². The Morgan fingerprint density at radius 3 is 2.68 bits per heavy atom. The van der Waals surface area contributed by atoms with Crippen LogP contribution in [-0.2, 0) is 19.0 Å². The predicted octanol–water partition coefficient (Wildman–Crippen LogP) is 2.91. The van der Waals surface area contributed by atoms with Gasteiger partial charge in [0, 0.05) is 6.54 Å². The monoisotopic (exact) mass is 402 g/mol. The van der Waals surface area contributed by atoms with Crippen molar-refractivity contribution in [2.45, 2.75) is 24.2 Å². The van der Waals surface area contributed by atoms with E-state index in [1.54, 1.807) is 13.2 Å². The summed E-state index contributed by atoms with van der Waals surface area (Å²) in [4.78, 5) is 10.3. The average Bonchev–Trinajstić information content (AvgIpc) is 3.33. The summed E-state index contributed by atoms with van der Waals surface area (Å²) < 4.78 is 14.2. The molecular formula is C17H18N6O4S. The quantitative estimate of drug-likeness (QED) is 0.220. The number of aromatic nitrogens is 5. The van der Waals surface area contributed by atoms with Crippen LogP contribution in [0.15, 0.2) is 54.5 Å². The van der Waals surface area contributed by atoms with Crippen LogP contribution in [0.3, 0.4) is 0 Å². The zero-order valence-corrected chi connectivity index (χ0v) is 15.9. The van der Waals surface area contributed by atoms with Crippen LogP contribution in [0.25, 0.3) is 0 Å². The molecule has 0 aliphatic heterocycles. The van der Waals surface area contributed by atoms with E-state index in [-0.39, 0.29) is 12.3 Å². The van der Waals surface area contributed by atoms with Crippen LogP contribution in [0.4, 0.5) is 5.69 Å². The Balaban J connectivity index is 1.65. The molecule has 0 bridgehead atoms. The molecule has 0 radical (unpaired) electrons. The molecule has 11 heteroatoms. The molecule has 2 heterocycles. The van der Waals surface area contributed by atoms with Gasteiger partial charge in [-0.1, -0.05) is 17.8 Å². The summed E-state index contributed by atoms with van der Waals surface area (Å²) in [7, 11) is 1.61. The number of benzene rings is 1. The number of hydrogen-bond donors (Lipinski definition) is 0. The number of nitro groups is 1. The number of hydrogen-bond acceptors (Lipinski definition) is 8. The zero-order valence-electron chi connectivity index (χ0n) is 15.1. The van der Waals surface area contributed by atoms with Gasteiger partial charge in [-0.2, -0.15) is 5.10 Å². The highest BCUT2D eigenvalue weighted by atomic mass is 32.2.